The van der Waals surface area contributed by atoms with Gasteiger partial charge in [0.1, 0.15) is 18.5 Å². The highest BCUT2D eigenvalue weighted by molar-refractivity contribution is 5.69. The third-order valence-electron chi connectivity index (χ3n) is 4.21. The number of esters is 1. The minimum Gasteiger partial charge on any atom is -0.463 e. The van der Waals surface area contributed by atoms with Crippen LogP contribution in [0.4, 0.5) is 4.39 Å². The van der Waals surface area contributed by atoms with Crippen molar-refractivity contribution < 1.29 is 19.0 Å². The van der Waals surface area contributed by atoms with Crippen molar-refractivity contribution >= 4 is 5.97 Å². The van der Waals surface area contributed by atoms with E-state index in [2.05, 4.69) is 17.0 Å². The average molecular weight is 373 g/mol. The van der Waals surface area contributed by atoms with E-state index in [1.165, 1.54) is 17.7 Å². The van der Waals surface area contributed by atoms with Gasteiger partial charge in [-0.1, -0.05) is 48.9 Å². The van der Waals surface area contributed by atoms with Crippen LogP contribution in [0, 0.1) is 12.7 Å². The van der Waals surface area contributed by atoms with Crippen molar-refractivity contribution in [2.75, 3.05) is 13.2 Å². The molecule has 146 valence electrons. The molecule has 0 spiro atoms. The zero-order valence-electron chi connectivity index (χ0n) is 16.0. The van der Waals surface area contributed by atoms with Gasteiger partial charge in [-0.05, 0) is 36.6 Å². The molecule has 0 aromatic heterocycles. The molecule has 0 bridgehead atoms. The maximum atomic E-state index is 13.2. The first-order valence-electron chi connectivity index (χ1n) is 9.32. The van der Waals surface area contributed by atoms with Crippen molar-refractivity contribution in [1.29, 1.82) is 0 Å². The van der Waals surface area contributed by atoms with Gasteiger partial charge in [0.15, 0.2) is 0 Å². The first kappa shape index (κ1) is 21.1. The fraction of sp³-hybridized carbons (Fsp3) is 0.409. The van der Waals surface area contributed by atoms with E-state index in [4.69, 9.17) is 4.74 Å². The van der Waals surface area contributed by atoms with Gasteiger partial charge in [0, 0.05) is 26.1 Å². The second kappa shape index (κ2) is 10.8. The lowest BCUT2D eigenvalue weighted by molar-refractivity contribution is -0.147. The van der Waals surface area contributed by atoms with Crippen LogP contribution < -0.4 is 0 Å². The van der Waals surface area contributed by atoms with Crippen molar-refractivity contribution in [3.8, 4) is 0 Å². The quantitative estimate of drug-likeness (QED) is 0.643. The highest BCUT2D eigenvalue weighted by Gasteiger charge is 2.15. The summed E-state index contributed by atoms with van der Waals surface area (Å²) in [4.78, 5) is 13.6. The largest absolute Gasteiger partial charge is 0.463 e. The highest BCUT2D eigenvalue weighted by atomic mass is 19.1. The molecule has 2 aromatic carbocycles. The minimum absolute atomic E-state index is 0.0212. The number of halogens is 1. The van der Waals surface area contributed by atoms with Gasteiger partial charge in [-0.25, -0.2) is 4.39 Å². The molecule has 0 aliphatic carbocycles. The molecule has 0 heterocycles. The smallest absolute Gasteiger partial charge is 0.305 e. The van der Waals surface area contributed by atoms with Crippen LogP contribution in [0.5, 0.6) is 0 Å². The standard InChI is InChI=1S/C22H28FNO3/c1-3-4-22(26)27-16-21(25)15-24(13-18-7-5-17(2)6-8-18)14-19-9-11-20(23)12-10-19/h5-12,21,25H,3-4,13-16H2,1-2H3. The molecular formula is C22H28FNO3. The lowest BCUT2D eigenvalue weighted by Crippen LogP contribution is -2.34. The van der Waals surface area contributed by atoms with E-state index in [1.54, 1.807) is 12.1 Å². The number of benzene rings is 2. The number of carbonyl (C=O) groups excluding carboxylic acids is 1. The number of nitrogens with zero attached hydrogens (tertiary/aromatic N) is 1. The minimum atomic E-state index is -0.781. The summed E-state index contributed by atoms with van der Waals surface area (Å²) >= 11 is 0. The van der Waals surface area contributed by atoms with Crippen LogP contribution in [-0.4, -0.2) is 35.2 Å². The average Bonchev–Trinajstić information content (AvgIpc) is 2.64. The third-order valence-corrected chi connectivity index (χ3v) is 4.21. The zero-order chi connectivity index (χ0) is 19.6. The topological polar surface area (TPSA) is 49.8 Å². The normalized spacial score (nSPS) is 12.2. The molecule has 0 radical (unpaired) electrons. The molecule has 0 aliphatic rings. The Morgan fingerprint density at radius 3 is 2.19 bits per heavy atom. The lowest BCUT2D eigenvalue weighted by atomic mass is 10.1. The number of hydrogen-bond donors (Lipinski definition) is 1. The highest BCUT2D eigenvalue weighted by Crippen LogP contribution is 2.13. The van der Waals surface area contributed by atoms with E-state index >= 15 is 0 Å². The Hall–Kier alpha value is -2.24. The Morgan fingerprint density at radius 2 is 1.63 bits per heavy atom. The van der Waals surface area contributed by atoms with Crippen LogP contribution in [0.3, 0.4) is 0 Å². The fourth-order valence-electron chi connectivity index (χ4n) is 2.80. The molecule has 0 aliphatic heterocycles. The van der Waals surface area contributed by atoms with Crippen LogP contribution >= 0.6 is 0 Å². The molecule has 2 aromatic rings. The molecule has 4 nitrogen and oxygen atoms in total. The first-order chi connectivity index (χ1) is 13.0. The van der Waals surface area contributed by atoms with Crippen LogP contribution in [0.1, 0.15) is 36.5 Å². The van der Waals surface area contributed by atoms with E-state index < -0.39 is 6.10 Å². The number of aliphatic hydroxyl groups is 1. The molecule has 2 rings (SSSR count). The predicted molar refractivity (Wildman–Crippen MR) is 104 cm³/mol. The second-order valence-electron chi connectivity index (χ2n) is 6.87. The number of aliphatic hydroxyl groups excluding tert-OH is 1. The molecule has 0 fully saturated rings. The molecule has 0 amide bonds. The summed E-state index contributed by atoms with van der Waals surface area (Å²) in [5.74, 6) is -0.563. The van der Waals surface area contributed by atoms with Crippen molar-refractivity contribution in [2.45, 2.75) is 45.9 Å². The third kappa shape index (κ3) is 7.89. The molecule has 1 N–H and O–H groups in total. The molecule has 0 saturated carbocycles. The van der Waals surface area contributed by atoms with Crippen LogP contribution in [-0.2, 0) is 22.6 Å². The van der Waals surface area contributed by atoms with E-state index in [0.29, 0.717) is 26.1 Å². The van der Waals surface area contributed by atoms with Gasteiger partial charge in [0.25, 0.3) is 0 Å². The molecule has 1 unspecified atom stereocenters. The van der Waals surface area contributed by atoms with Gasteiger partial charge in [-0.3, -0.25) is 9.69 Å². The monoisotopic (exact) mass is 373 g/mol. The first-order valence-corrected chi connectivity index (χ1v) is 9.32. The number of rotatable bonds is 10. The molecule has 0 saturated heterocycles. The summed E-state index contributed by atoms with van der Waals surface area (Å²) in [5.41, 5.74) is 3.27. The van der Waals surface area contributed by atoms with E-state index in [9.17, 15) is 14.3 Å². The maximum absolute atomic E-state index is 13.2. The van der Waals surface area contributed by atoms with Crippen molar-refractivity contribution in [3.05, 3.63) is 71.0 Å². The van der Waals surface area contributed by atoms with Gasteiger partial charge < -0.3 is 9.84 Å². The summed E-state index contributed by atoms with van der Waals surface area (Å²) in [6, 6.07) is 14.6. The summed E-state index contributed by atoms with van der Waals surface area (Å²) < 4.78 is 18.3. The van der Waals surface area contributed by atoms with Gasteiger partial charge in [0.05, 0.1) is 0 Å². The Labute approximate surface area is 160 Å². The Bertz CT molecular complexity index is 653. The SMILES string of the molecule is CCCC(=O)OCC(O)CN(Cc1ccc(C)cc1)Cc1ccc(F)cc1. The molecular weight excluding hydrogens is 345 g/mol. The van der Waals surface area contributed by atoms with Crippen LogP contribution in [0.15, 0.2) is 48.5 Å². The van der Waals surface area contributed by atoms with E-state index in [0.717, 1.165) is 17.5 Å². The van der Waals surface area contributed by atoms with Gasteiger partial charge >= 0.3 is 5.97 Å². The van der Waals surface area contributed by atoms with Gasteiger partial charge in [0.2, 0.25) is 0 Å². The predicted octanol–water partition coefficient (Wildman–Crippen LogP) is 3.84. The van der Waals surface area contributed by atoms with Crippen molar-refractivity contribution in [3.63, 3.8) is 0 Å². The van der Waals surface area contributed by atoms with Crippen molar-refractivity contribution in [1.82, 2.24) is 4.90 Å². The molecule has 1 atom stereocenters. The summed E-state index contributed by atoms with van der Waals surface area (Å²) in [5, 5.41) is 10.3. The fourth-order valence-corrected chi connectivity index (χ4v) is 2.80. The van der Waals surface area contributed by atoms with E-state index in [1.807, 2.05) is 26.0 Å². The number of hydrogen-bond acceptors (Lipinski definition) is 4. The Balaban J connectivity index is 2.00. The van der Waals surface area contributed by atoms with Gasteiger partial charge in [-0.2, -0.15) is 0 Å². The number of ether oxygens (including phenoxy) is 1. The number of aryl methyl sites for hydroxylation is 1. The Morgan fingerprint density at radius 1 is 1.07 bits per heavy atom. The molecule has 5 heteroatoms. The maximum Gasteiger partial charge on any atom is 0.305 e. The van der Waals surface area contributed by atoms with Crippen LogP contribution in [0.2, 0.25) is 0 Å². The molecule has 27 heavy (non-hydrogen) atoms. The van der Waals surface area contributed by atoms with Crippen molar-refractivity contribution in [2.24, 2.45) is 0 Å². The summed E-state index contributed by atoms with van der Waals surface area (Å²) in [6.07, 6.45) is 0.297. The van der Waals surface area contributed by atoms with E-state index in [-0.39, 0.29) is 18.4 Å². The summed E-state index contributed by atoms with van der Waals surface area (Å²) in [6.45, 7) is 5.47. The Kier molecular flexibility index (Phi) is 8.43. The summed E-state index contributed by atoms with van der Waals surface area (Å²) in [7, 11) is 0. The van der Waals surface area contributed by atoms with Gasteiger partial charge in [-0.15, -0.1) is 0 Å². The number of carbonyl (C=O) groups is 1. The zero-order valence-corrected chi connectivity index (χ0v) is 16.0. The van der Waals surface area contributed by atoms with Crippen LogP contribution in [0.25, 0.3) is 0 Å². The second-order valence-corrected chi connectivity index (χ2v) is 6.87. The lowest BCUT2D eigenvalue weighted by Gasteiger charge is -2.25.